The number of fused-ring (bicyclic) bond motifs is 1. The molecule has 0 unspecified atom stereocenters. The standard InChI is InChI=1S/C18H19BrO2/c1-20-16-10-8-13(11-17(16)21-2)18-14-6-4-3-5-12(14)7-9-15(18)19/h3-6,8,10-11,15,18H,7,9H2,1-2H3/t15-,18-/m0/s1. The average Bonchev–Trinajstić information content (AvgIpc) is 2.54. The van der Waals surface area contributed by atoms with E-state index in [1.54, 1.807) is 14.2 Å². The lowest BCUT2D eigenvalue weighted by atomic mass is 9.79. The number of hydrogen-bond donors (Lipinski definition) is 0. The van der Waals surface area contributed by atoms with E-state index in [-0.39, 0.29) is 0 Å². The van der Waals surface area contributed by atoms with Gasteiger partial charge in [0.05, 0.1) is 14.2 Å². The molecule has 2 atom stereocenters. The number of aryl methyl sites for hydroxylation is 1. The van der Waals surface area contributed by atoms with E-state index >= 15 is 0 Å². The molecule has 0 spiro atoms. The topological polar surface area (TPSA) is 18.5 Å². The van der Waals surface area contributed by atoms with Crippen LogP contribution >= 0.6 is 15.9 Å². The van der Waals surface area contributed by atoms with Crippen LogP contribution in [0.15, 0.2) is 42.5 Å². The highest BCUT2D eigenvalue weighted by Crippen LogP contribution is 2.42. The van der Waals surface area contributed by atoms with E-state index in [2.05, 4.69) is 52.3 Å². The minimum absolute atomic E-state index is 0.356. The summed E-state index contributed by atoms with van der Waals surface area (Å²) >= 11 is 3.87. The summed E-state index contributed by atoms with van der Waals surface area (Å²) in [6, 6.07) is 15.0. The maximum Gasteiger partial charge on any atom is 0.161 e. The van der Waals surface area contributed by atoms with Crippen LogP contribution in [-0.4, -0.2) is 19.0 Å². The van der Waals surface area contributed by atoms with Crippen molar-refractivity contribution in [2.24, 2.45) is 0 Å². The molecule has 2 aromatic carbocycles. The summed E-state index contributed by atoms with van der Waals surface area (Å²) in [6.45, 7) is 0. The van der Waals surface area contributed by atoms with Crippen LogP contribution in [0.2, 0.25) is 0 Å². The van der Waals surface area contributed by atoms with Gasteiger partial charge in [0.25, 0.3) is 0 Å². The smallest absolute Gasteiger partial charge is 0.161 e. The van der Waals surface area contributed by atoms with Crippen LogP contribution in [-0.2, 0) is 6.42 Å². The zero-order valence-corrected chi connectivity index (χ0v) is 13.9. The Bertz CT molecular complexity index is 639. The summed E-state index contributed by atoms with van der Waals surface area (Å²) in [5.41, 5.74) is 4.13. The second-order valence-corrected chi connectivity index (χ2v) is 6.52. The zero-order valence-electron chi connectivity index (χ0n) is 12.3. The molecule has 0 N–H and O–H groups in total. The lowest BCUT2D eigenvalue weighted by Gasteiger charge is -2.31. The highest BCUT2D eigenvalue weighted by molar-refractivity contribution is 9.09. The molecule has 0 amide bonds. The van der Waals surface area contributed by atoms with Gasteiger partial charge in [-0.25, -0.2) is 0 Å². The van der Waals surface area contributed by atoms with Gasteiger partial charge in [-0.15, -0.1) is 0 Å². The molecule has 1 aliphatic rings. The van der Waals surface area contributed by atoms with E-state index in [1.165, 1.54) is 16.7 Å². The van der Waals surface area contributed by atoms with Crippen molar-refractivity contribution in [1.29, 1.82) is 0 Å². The first-order valence-corrected chi connectivity index (χ1v) is 8.10. The highest BCUT2D eigenvalue weighted by atomic mass is 79.9. The normalized spacial score (nSPS) is 20.7. The molecule has 21 heavy (non-hydrogen) atoms. The maximum atomic E-state index is 5.45. The molecule has 2 nitrogen and oxygen atoms in total. The van der Waals surface area contributed by atoms with E-state index in [1.807, 2.05) is 6.07 Å². The zero-order chi connectivity index (χ0) is 14.8. The summed E-state index contributed by atoms with van der Waals surface area (Å²) < 4.78 is 10.8. The first-order chi connectivity index (χ1) is 10.2. The van der Waals surface area contributed by atoms with Gasteiger partial charge in [0, 0.05) is 10.7 Å². The number of rotatable bonds is 3. The predicted octanol–water partition coefficient (Wildman–Crippen LogP) is 4.55. The predicted molar refractivity (Wildman–Crippen MR) is 88.9 cm³/mol. The van der Waals surface area contributed by atoms with Gasteiger partial charge in [0.2, 0.25) is 0 Å². The Labute approximate surface area is 134 Å². The minimum Gasteiger partial charge on any atom is -0.493 e. The molecule has 0 fully saturated rings. The van der Waals surface area contributed by atoms with Crippen molar-refractivity contribution in [2.45, 2.75) is 23.6 Å². The molecule has 0 aromatic heterocycles. The van der Waals surface area contributed by atoms with Crippen LogP contribution < -0.4 is 9.47 Å². The molecule has 110 valence electrons. The monoisotopic (exact) mass is 346 g/mol. The Kier molecular flexibility index (Phi) is 4.20. The third-order valence-corrected chi connectivity index (χ3v) is 5.19. The SMILES string of the molecule is COc1ccc([C@H]2c3ccccc3CC[C@@H]2Br)cc1OC. The molecular weight excluding hydrogens is 328 g/mol. The summed E-state index contributed by atoms with van der Waals surface area (Å²) in [4.78, 5) is 0.450. The Balaban J connectivity index is 2.07. The lowest BCUT2D eigenvalue weighted by Crippen LogP contribution is -2.21. The molecule has 0 radical (unpaired) electrons. The van der Waals surface area contributed by atoms with Crippen LogP contribution in [0.25, 0.3) is 0 Å². The van der Waals surface area contributed by atoms with Crippen molar-refractivity contribution < 1.29 is 9.47 Å². The van der Waals surface area contributed by atoms with Crippen molar-refractivity contribution in [3.63, 3.8) is 0 Å². The number of methoxy groups -OCH3 is 2. The Morgan fingerprint density at radius 2 is 1.76 bits per heavy atom. The van der Waals surface area contributed by atoms with E-state index in [0.29, 0.717) is 10.7 Å². The largest absolute Gasteiger partial charge is 0.493 e. The molecule has 0 heterocycles. The van der Waals surface area contributed by atoms with Crippen molar-refractivity contribution in [3.8, 4) is 11.5 Å². The van der Waals surface area contributed by atoms with Crippen LogP contribution in [0.3, 0.4) is 0 Å². The Hall–Kier alpha value is -1.48. The second kappa shape index (κ2) is 6.10. The summed E-state index contributed by atoms with van der Waals surface area (Å²) in [5.74, 6) is 1.92. The third-order valence-electron chi connectivity index (χ3n) is 4.21. The number of alkyl halides is 1. The second-order valence-electron chi connectivity index (χ2n) is 5.35. The third kappa shape index (κ3) is 2.67. The first-order valence-electron chi connectivity index (χ1n) is 7.18. The molecule has 0 saturated carbocycles. The van der Waals surface area contributed by atoms with Gasteiger partial charge in [-0.2, -0.15) is 0 Å². The molecule has 0 saturated heterocycles. The number of benzene rings is 2. The van der Waals surface area contributed by atoms with Gasteiger partial charge >= 0.3 is 0 Å². The van der Waals surface area contributed by atoms with Crippen molar-refractivity contribution in [2.75, 3.05) is 14.2 Å². The molecule has 1 aliphatic carbocycles. The quantitative estimate of drug-likeness (QED) is 0.759. The fourth-order valence-electron chi connectivity index (χ4n) is 3.15. The van der Waals surface area contributed by atoms with Gasteiger partial charge in [-0.3, -0.25) is 0 Å². The van der Waals surface area contributed by atoms with Gasteiger partial charge in [0.15, 0.2) is 11.5 Å². The van der Waals surface area contributed by atoms with Crippen molar-refractivity contribution >= 4 is 15.9 Å². The van der Waals surface area contributed by atoms with E-state index in [4.69, 9.17) is 9.47 Å². The van der Waals surface area contributed by atoms with Crippen LogP contribution in [0, 0.1) is 0 Å². The molecule has 0 bridgehead atoms. The lowest BCUT2D eigenvalue weighted by molar-refractivity contribution is 0.354. The number of hydrogen-bond acceptors (Lipinski definition) is 2. The fourth-order valence-corrected chi connectivity index (χ4v) is 3.97. The fraction of sp³-hybridized carbons (Fsp3) is 0.333. The van der Waals surface area contributed by atoms with Gasteiger partial charge in [0.1, 0.15) is 0 Å². The molecule has 2 aromatic rings. The van der Waals surface area contributed by atoms with E-state index in [9.17, 15) is 0 Å². The molecule has 3 heteroatoms. The Morgan fingerprint density at radius 1 is 1.00 bits per heavy atom. The van der Waals surface area contributed by atoms with Crippen LogP contribution in [0.1, 0.15) is 29.0 Å². The van der Waals surface area contributed by atoms with Crippen molar-refractivity contribution in [3.05, 3.63) is 59.2 Å². The summed E-state index contributed by atoms with van der Waals surface area (Å²) in [7, 11) is 3.35. The minimum atomic E-state index is 0.356. The van der Waals surface area contributed by atoms with E-state index in [0.717, 1.165) is 24.3 Å². The highest BCUT2D eigenvalue weighted by Gasteiger charge is 2.29. The average molecular weight is 347 g/mol. The summed E-state index contributed by atoms with van der Waals surface area (Å²) in [6.07, 6.45) is 2.28. The molecule has 0 aliphatic heterocycles. The maximum absolute atomic E-state index is 5.45. The van der Waals surface area contributed by atoms with Gasteiger partial charge in [-0.05, 0) is 41.7 Å². The Morgan fingerprint density at radius 3 is 2.52 bits per heavy atom. The van der Waals surface area contributed by atoms with Crippen LogP contribution in [0.4, 0.5) is 0 Å². The summed E-state index contributed by atoms with van der Waals surface area (Å²) in [5, 5.41) is 0. The van der Waals surface area contributed by atoms with Gasteiger partial charge in [-0.1, -0.05) is 46.3 Å². The van der Waals surface area contributed by atoms with Gasteiger partial charge < -0.3 is 9.47 Å². The van der Waals surface area contributed by atoms with Crippen LogP contribution in [0.5, 0.6) is 11.5 Å². The molecule has 3 rings (SSSR count). The van der Waals surface area contributed by atoms with E-state index < -0.39 is 0 Å². The number of ether oxygens (including phenoxy) is 2. The first kappa shape index (κ1) is 14.5. The van der Waals surface area contributed by atoms with Crippen molar-refractivity contribution in [1.82, 2.24) is 0 Å². The number of halogens is 1. The molecular formula is C18H19BrO2.